The van der Waals surface area contributed by atoms with E-state index in [1.54, 1.807) is 13.8 Å². The van der Waals surface area contributed by atoms with Crippen molar-refractivity contribution in [3.8, 4) is 0 Å². The highest BCUT2D eigenvalue weighted by Crippen LogP contribution is 2.31. The van der Waals surface area contributed by atoms with Gasteiger partial charge in [-0.2, -0.15) is 9.40 Å². The Kier molecular flexibility index (Phi) is 3.39. The van der Waals surface area contributed by atoms with Gasteiger partial charge in [-0.3, -0.25) is 5.10 Å². The summed E-state index contributed by atoms with van der Waals surface area (Å²) < 4.78 is 56.0. The predicted octanol–water partition coefficient (Wildman–Crippen LogP) is -0.787. The number of rotatable bonds is 2. The van der Waals surface area contributed by atoms with Crippen molar-refractivity contribution >= 4 is 19.9 Å². The number of hydrogen-bond acceptors (Lipinski definition) is 6. The molecule has 1 N–H and O–H groups in total. The Morgan fingerprint density at radius 1 is 1.33 bits per heavy atom. The van der Waals surface area contributed by atoms with Crippen LogP contribution in [0.25, 0.3) is 0 Å². The Balaban J connectivity index is 2.03. The maximum Gasteiger partial charge on any atom is 0.247 e. The second-order valence-corrected chi connectivity index (χ2v) is 9.41. The van der Waals surface area contributed by atoms with E-state index in [1.165, 1.54) is 4.31 Å². The van der Waals surface area contributed by atoms with Gasteiger partial charge < -0.3 is 4.74 Å². The number of nitrogens with one attached hydrogen (secondary N) is 1. The molecule has 0 aromatic carbocycles. The first-order valence-electron chi connectivity index (χ1n) is 6.58. The average molecular weight is 335 g/mol. The van der Waals surface area contributed by atoms with Crippen molar-refractivity contribution in [2.75, 3.05) is 24.7 Å². The molecule has 0 bridgehead atoms. The third-order valence-electron chi connectivity index (χ3n) is 3.91. The summed E-state index contributed by atoms with van der Waals surface area (Å²) in [7, 11) is -7.05. The molecule has 2 unspecified atom stereocenters. The number of hydrogen-bond donors (Lipinski definition) is 1. The van der Waals surface area contributed by atoms with Gasteiger partial charge in [0.2, 0.25) is 10.0 Å². The first-order chi connectivity index (χ1) is 9.72. The highest BCUT2D eigenvalue weighted by atomic mass is 32.2. The van der Waals surface area contributed by atoms with Gasteiger partial charge in [-0.25, -0.2) is 16.8 Å². The lowest BCUT2D eigenvalue weighted by atomic mass is 10.2. The lowest BCUT2D eigenvalue weighted by Gasteiger charge is -2.35. The van der Waals surface area contributed by atoms with Gasteiger partial charge in [0.1, 0.15) is 4.90 Å². The number of morpholine rings is 1. The van der Waals surface area contributed by atoms with E-state index in [4.69, 9.17) is 4.74 Å². The summed E-state index contributed by atoms with van der Waals surface area (Å²) in [6, 6.07) is -0.651. The van der Waals surface area contributed by atoms with E-state index in [1.807, 2.05) is 0 Å². The Labute approximate surface area is 123 Å². The normalized spacial score (nSPS) is 29.4. The second kappa shape index (κ2) is 4.77. The van der Waals surface area contributed by atoms with Gasteiger partial charge in [0.05, 0.1) is 41.6 Å². The Morgan fingerprint density at radius 3 is 2.67 bits per heavy atom. The fourth-order valence-corrected chi connectivity index (χ4v) is 6.95. The molecule has 0 saturated carbocycles. The number of aromatic nitrogens is 2. The topological polar surface area (TPSA) is 109 Å². The number of H-pyrrole nitrogens is 1. The van der Waals surface area contributed by atoms with Crippen LogP contribution < -0.4 is 0 Å². The second-order valence-electron chi connectivity index (χ2n) is 5.43. The SMILES string of the molecule is Cc1n[nH]c(C)c1S(=O)(=O)N1CCOC2CS(=O)(=O)CC21. The standard InChI is InChI=1S/C11H17N3O5S2/c1-7-11(8(2)13-12-7)21(17,18)14-3-4-19-10-6-20(15,16)5-9(10)14/h9-10H,3-6H2,1-2H3,(H,12,13). The van der Waals surface area contributed by atoms with Crippen LogP contribution in [0.5, 0.6) is 0 Å². The number of nitrogens with zero attached hydrogens (tertiary/aromatic N) is 2. The van der Waals surface area contributed by atoms with Crippen molar-refractivity contribution in [3.05, 3.63) is 11.4 Å². The Hall–Kier alpha value is -0.970. The molecule has 2 aliphatic rings. The molecular formula is C11H17N3O5S2. The van der Waals surface area contributed by atoms with Crippen LogP contribution in [0.2, 0.25) is 0 Å². The summed E-state index contributed by atoms with van der Waals surface area (Å²) in [5.74, 6) is -0.306. The van der Waals surface area contributed by atoms with Crippen molar-refractivity contribution in [1.29, 1.82) is 0 Å². The Bertz CT molecular complexity index is 748. The molecule has 2 fully saturated rings. The third kappa shape index (κ3) is 2.39. The molecule has 118 valence electrons. The fourth-order valence-electron chi connectivity index (χ4n) is 3.02. The summed E-state index contributed by atoms with van der Waals surface area (Å²) in [5.41, 5.74) is 0.841. The number of aryl methyl sites for hydroxylation is 2. The van der Waals surface area contributed by atoms with Crippen molar-refractivity contribution in [3.63, 3.8) is 0 Å². The van der Waals surface area contributed by atoms with Gasteiger partial charge in [-0.05, 0) is 13.8 Å². The maximum absolute atomic E-state index is 12.9. The molecule has 2 saturated heterocycles. The summed E-state index contributed by atoms with van der Waals surface area (Å²) in [4.78, 5) is 0.132. The van der Waals surface area contributed by atoms with E-state index in [2.05, 4.69) is 10.2 Å². The first-order valence-corrected chi connectivity index (χ1v) is 9.84. The van der Waals surface area contributed by atoms with Crippen molar-refractivity contribution in [2.45, 2.75) is 30.9 Å². The van der Waals surface area contributed by atoms with Crippen LogP contribution in [0.4, 0.5) is 0 Å². The van der Waals surface area contributed by atoms with Gasteiger partial charge in [0.15, 0.2) is 9.84 Å². The van der Waals surface area contributed by atoms with Crippen molar-refractivity contribution in [2.24, 2.45) is 0 Å². The van der Waals surface area contributed by atoms with Gasteiger partial charge in [0.25, 0.3) is 0 Å². The molecule has 1 aromatic heterocycles. The first kappa shape index (κ1) is 14.9. The number of fused-ring (bicyclic) bond motifs is 1. The molecule has 2 atom stereocenters. The van der Waals surface area contributed by atoms with E-state index < -0.39 is 32.0 Å². The summed E-state index contributed by atoms with van der Waals surface area (Å²) >= 11 is 0. The molecule has 1 aromatic rings. The predicted molar refractivity (Wildman–Crippen MR) is 74.1 cm³/mol. The maximum atomic E-state index is 12.9. The smallest absolute Gasteiger partial charge is 0.247 e. The van der Waals surface area contributed by atoms with Gasteiger partial charge in [-0.15, -0.1) is 0 Å². The average Bonchev–Trinajstić information content (AvgIpc) is 2.86. The fraction of sp³-hybridized carbons (Fsp3) is 0.727. The molecule has 8 nitrogen and oxygen atoms in total. The van der Waals surface area contributed by atoms with Crippen LogP contribution >= 0.6 is 0 Å². The molecular weight excluding hydrogens is 318 g/mol. The van der Waals surface area contributed by atoms with Crippen LogP contribution in [0, 0.1) is 13.8 Å². The molecule has 0 amide bonds. The summed E-state index contributed by atoms with van der Waals surface area (Å²) in [6.07, 6.45) is -0.578. The van der Waals surface area contributed by atoms with Crippen molar-refractivity contribution in [1.82, 2.24) is 14.5 Å². The summed E-state index contributed by atoms with van der Waals surface area (Å²) in [5, 5.41) is 6.56. The molecule has 0 radical (unpaired) electrons. The molecule has 3 rings (SSSR count). The highest BCUT2D eigenvalue weighted by molar-refractivity contribution is 7.92. The minimum Gasteiger partial charge on any atom is -0.374 e. The summed E-state index contributed by atoms with van der Waals surface area (Å²) in [6.45, 7) is 3.60. The molecule has 0 aliphatic carbocycles. The zero-order valence-electron chi connectivity index (χ0n) is 11.7. The van der Waals surface area contributed by atoms with Gasteiger partial charge >= 0.3 is 0 Å². The third-order valence-corrected chi connectivity index (χ3v) is 7.79. The van der Waals surface area contributed by atoms with Crippen LogP contribution in [-0.2, 0) is 24.6 Å². The van der Waals surface area contributed by atoms with E-state index in [0.29, 0.717) is 11.4 Å². The van der Waals surface area contributed by atoms with Crippen LogP contribution in [0.3, 0.4) is 0 Å². The number of sulfonamides is 1. The Morgan fingerprint density at radius 2 is 2.05 bits per heavy atom. The van der Waals surface area contributed by atoms with Crippen molar-refractivity contribution < 1.29 is 21.6 Å². The highest BCUT2D eigenvalue weighted by Gasteiger charge is 2.49. The number of sulfone groups is 1. The quantitative estimate of drug-likeness (QED) is 0.759. The zero-order valence-corrected chi connectivity index (χ0v) is 13.4. The molecule has 3 heterocycles. The zero-order chi connectivity index (χ0) is 15.4. The van der Waals surface area contributed by atoms with Gasteiger partial charge in [-0.1, -0.05) is 0 Å². The number of ether oxygens (including phenoxy) is 1. The minimum atomic E-state index is -3.79. The lowest BCUT2D eigenvalue weighted by Crippen LogP contribution is -2.53. The molecule has 21 heavy (non-hydrogen) atoms. The molecule has 2 aliphatic heterocycles. The molecule has 0 spiro atoms. The van der Waals surface area contributed by atoms with E-state index in [-0.39, 0.29) is 29.6 Å². The van der Waals surface area contributed by atoms with Crippen LogP contribution in [0.15, 0.2) is 4.90 Å². The van der Waals surface area contributed by atoms with Crippen LogP contribution in [-0.4, -0.2) is 68.1 Å². The van der Waals surface area contributed by atoms with E-state index in [0.717, 1.165) is 0 Å². The lowest BCUT2D eigenvalue weighted by molar-refractivity contribution is -0.0142. The largest absolute Gasteiger partial charge is 0.374 e. The minimum absolute atomic E-state index is 0.118. The molecule has 10 heteroatoms. The van der Waals surface area contributed by atoms with E-state index >= 15 is 0 Å². The van der Waals surface area contributed by atoms with Gasteiger partial charge in [0, 0.05) is 6.54 Å². The number of aromatic amines is 1. The monoisotopic (exact) mass is 335 g/mol. The van der Waals surface area contributed by atoms with E-state index in [9.17, 15) is 16.8 Å². The van der Waals surface area contributed by atoms with Crippen LogP contribution in [0.1, 0.15) is 11.4 Å².